The fourth-order valence-corrected chi connectivity index (χ4v) is 2.11. The molecule has 0 aliphatic carbocycles. The molecule has 0 saturated heterocycles. The Morgan fingerprint density at radius 1 is 0.909 bits per heavy atom. The summed E-state index contributed by atoms with van der Waals surface area (Å²) in [5, 5.41) is 16.5. The molecule has 0 unspecified atom stereocenters. The van der Waals surface area contributed by atoms with Crippen molar-refractivity contribution in [3.63, 3.8) is 0 Å². The van der Waals surface area contributed by atoms with Gasteiger partial charge in [0, 0.05) is 11.1 Å². The number of nitrogens with zero attached hydrogens (tertiary/aromatic N) is 5. The summed E-state index contributed by atoms with van der Waals surface area (Å²) < 4.78 is 7.10. The third kappa shape index (κ3) is 3.30. The minimum absolute atomic E-state index is 0.130. The topological polar surface area (TPSA) is 65.7 Å². The monoisotopic (exact) mass is 355 g/mol. The zero-order chi connectivity index (χ0) is 15.5. The fraction of sp³-hybridized carbons (Fsp3) is 0.0769. The normalized spacial score (nSPS) is 10.7. The Kier molecular flexibility index (Phi) is 4.42. The third-order valence-corrected chi connectivity index (χ3v) is 3.50. The first-order chi connectivity index (χ1) is 10.6. The number of aromatic nitrogens is 5. The maximum Gasteiger partial charge on any atom is 0.233 e. The molecule has 2 heterocycles. The molecule has 2 aromatic heterocycles. The Morgan fingerprint density at radius 3 is 2.36 bits per heavy atom. The van der Waals surface area contributed by atoms with Gasteiger partial charge < -0.3 is 4.74 Å². The van der Waals surface area contributed by atoms with Gasteiger partial charge in [-0.25, -0.2) is 4.68 Å². The summed E-state index contributed by atoms with van der Waals surface area (Å²) in [6.07, 6.45) is 0. The van der Waals surface area contributed by atoms with Crippen LogP contribution in [-0.4, -0.2) is 25.2 Å². The summed E-state index contributed by atoms with van der Waals surface area (Å²) >= 11 is 17.6. The molecule has 9 heteroatoms. The van der Waals surface area contributed by atoms with E-state index in [2.05, 4.69) is 20.5 Å². The van der Waals surface area contributed by atoms with Crippen molar-refractivity contribution in [3.8, 4) is 11.6 Å². The molecule has 0 radical (unpaired) electrons. The Hall–Kier alpha value is -1.89. The van der Waals surface area contributed by atoms with Crippen molar-refractivity contribution in [1.29, 1.82) is 0 Å². The van der Waals surface area contributed by atoms with Crippen molar-refractivity contribution >= 4 is 34.8 Å². The number of benzene rings is 1. The van der Waals surface area contributed by atoms with E-state index in [-0.39, 0.29) is 11.8 Å². The van der Waals surface area contributed by atoms with Crippen LogP contribution in [0.25, 0.3) is 5.69 Å². The van der Waals surface area contributed by atoms with Crippen molar-refractivity contribution < 1.29 is 4.74 Å². The van der Waals surface area contributed by atoms with E-state index in [1.165, 1.54) is 0 Å². The first kappa shape index (κ1) is 15.0. The number of halogens is 3. The Balaban J connectivity index is 1.83. The van der Waals surface area contributed by atoms with Crippen LogP contribution in [0.1, 0.15) is 5.69 Å². The Labute approximate surface area is 140 Å². The SMILES string of the molecule is Clc1ccc(-n2nnc(Cl)c2COc2ccc(Cl)nn2)cc1. The molecule has 0 fully saturated rings. The van der Waals surface area contributed by atoms with Crippen LogP contribution in [0.4, 0.5) is 0 Å². The molecule has 112 valence electrons. The summed E-state index contributed by atoms with van der Waals surface area (Å²) in [6, 6.07) is 10.3. The van der Waals surface area contributed by atoms with E-state index in [1.54, 1.807) is 41.1 Å². The number of hydrogen-bond acceptors (Lipinski definition) is 5. The number of rotatable bonds is 4. The smallest absolute Gasteiger partial charge is 0.233 e. The van der Waals surface area contributed by atoms with Gasteiger partial charge in [-0.3, -0.25) is 0 Å². The molecule has 3 aromatic rings. The number of ether oxygens (including phenoxy) is 1. The summed E-state index contributed by atoms with van der Waals surface area (Å²) in [5.74, 6) is 0.323. The lowest BCUT2D eigenvalue weighted by molar-refractivity contribution is 0.282. The summed E-state index contributed by atoms with van der Waals surface area (Å²) in [5.41, 5.74) is 1.35. The molecule has 6 nitrogen and oxygen atoms in total. The highest BCUT2D eigenvalue weighted by Gasteiger charge is 2.14. The first-order valence-electron chi connectivity index (χ1n) is 6.11. The van der Waals surface area contributed by atoms with Gasteiger partial charge >= 0.3 is 0 Å². The van der Waals surface area contributed by atoms with E-state index in [0.29, 0.717) is 21.7 Å². The molecule has 3 rings (SSSR count). The van der Waals surface area contributed by atoms with E-state index in [4.69, 9.17) is 39.5 Å². The molecule has 0 saturated carbocycles. The molecule has 0 aliphatic heterocycles. The lowest BCUT2D eigenvalue weighted by Gasteiger charge is -2.08. The predicted octanol–water partition coefficient (Wildman–Crippen LogP) is 3.60. The van der Waals surface area contributed by atoms with Gasteiger partial charge in [-0.2, -0.15) is 0 Å². The van der Waals surface area contributed by atoms with Crippen LogP contribution in [0.3, 0.4) is 0 Å². The van der Waals surface area contributed by atoms with E-state index in [1.807, 2.05) is 0 Å². The molecule has 0 spiro atoms. The van der Waals surface area contributed by atoms with Gasteiger partial charge in [0.2, 0.25) is 5.88 Å². The quantitative estimate of drug-likeness (QED) is 0.714. The van der Waals surface area contributed by atoms with Crippen molar-refractivity contribution in [3.05, 3.63) is 57.4 Å². The average molecular weight is 357 g/mol. The lowest BCUT2D eigenvalue weighted by atomic mass is 10.3. The second-order valence-corrected chi connectivity index (χ2v) is 5.38. The molecule has 0 N–H and O–H groups in total. The van der Waals surface area contributed by atoms with Crippen LogP contribution in [0.15, 0.2) is 36.4 Å². The minimum atomic E-state index is 0.130. The summed E-state index contributed by atoms with van der Waals surface area (Å²) in [7, 11) is 0. The lowest BCUT2D eigenvalue weighted by Crippen LogP contribution is -2.07. The van der Waals surface area contributed by atoms with E-state index >= 15 is 0 Å². The highest BCUT2D eigenvalue weighted by atomic mass is 35.5. The van der Waals surface area contributed by atoms with Crippen LogP contribution in [0.2, 0.25) is 15.3 Å². The minimum Gasteiger partial charge on any atom is -0.470 e. The van der Waals surface area contributed by atoms with Crippen molar-refractivity contribution in [2.45, 2.75) is 6.61 Å². The van der Waals surface area contributed by atoms with Gasteiger partial charge in [0.05, 0.1) is 5.69 Å². The van der Waals surface area contributed by atoms with Crippen molar-refractivity contribution in [1.82, 2.24) is 25.2 Å². The average Bonchev–Trinajstić information content (AvgIpc) is 2.89. The van der Waals surface area contributed by atoms with Crippen LogP contribution in [0, 0.1) is 0 Å². The van der Waals surface area contributed by atoms with Gasteiger partial charge in [0.1, 0.15) is 12.3 Å². The van der Waals surface area contributed by atoms with Crippen LogP contribution in [0.5, 0.6) is 5.88 Å². The van der Waals surface area contributed by atoms with Gasteiger partial charge in [-0.1, -0.05) is 40.0 Å². The Morgan fingerprint density at radius 2 is 1.68 bits per heavy atom. The highest BCUT2D eigenvalue weighted by Crippen LogP contribution is 2.20. The van der Waals surface area contributed by atoms with Gasteiger partial charge in [0.25, 0.3) is 0 Å². The zero-order valence-corrected chi connectivity index (χ0v) is 13.2. The van der Waals surface area contributed by atoms with E-state index in [0.717, 1.165) is 5.69 Å². The predicted molar refractivity (Wildman–Crippen MR) is 82.8 cm³/mol. The standard InChI is InChI=1S/C13H8Cl3N5O/c14-8-1-3-9(4-2-8)21-10(13(16)19-20-21)7-22-12-6-5-11(15)17-18-12/h1-6H,7H2. The zero-order valence-electron chi connectivity index (χ0n) is 10.9. The van der Waals surface area contributed by atoms with Gasteiger partial charge in [0.15, 0.2) is 10.3 Å². The van der Waals surface area contributed by atoms with Gasteiger partial charge in [-0.05, 0) is 30.3 Å². The van der Waals surface area contributed by atoms with Crippen molar-refractivity contribution in [2.24, 2.45) is 0 Å². The molecular formula is C13H8Cl3N5O. The van der Waals surface area contributed by atoms with Crippen LogP contribution >= 0.6 is 34.8 Å². The molecule has 22 heavy (non-hydrogen) atoms. The van der Waals surface area contributed by atoms with Gasteiger partial charge in [-0.15, -0.1) is 15.3 Å². The largest absolute Gasteiger partial charge is 0.470 e. The molecular weight excluding hydrogens is 349 g/mol. The van der Waals surface area contributed by atoms with E-state index in [9.17, 15) is 0 Å². The molecule has 0 aliphatic rings. The maximum atomic E-state index is 6.06. The maximum absolute atomic E-state index is 6.06. The Bertz CT molecular complexity index is 773. The molecule has 1 aromatic carbocycles. The number of hydrogen-bond donors (Lipinski definition) is 0. The highest BCUT2D eigenvalue weighted by molar-refractivity contribution is 6.30. The third-order valence-electron chi connectivity index (χ3n) is 2.75. The fourth-order valence-electron chi connectivity index (χ4n) is 1.72. The first-order valence-corrected chi connectivity index (χ1v) is 7.25. The van der Waals surface area contributed by atoms with Crippen molar-refractivity contribution in [2.75, 3.05) is 0 Å². The summed E-state index contributed by atoms with van der Waals surface area (Å²) in [6.45, 7) is 0.130. The van der Waals surface area contributed by atoms with Crippen LogP contribution < -0.4 is 4.74 Å². The molecule has 0 atom stereocenters. The molecule has 0 amide bonds. The van der Waals surface area contributed by atoms with Crippen LogP contribution in [-0.2, 0) is 6.61 Å². The second kappa shape index (κ2) is 6.48. The van der Waals surface area contributed by atoms with E-state index < -0.39 is 0 Å². The summed E-state index contributed by atoms with van der Waals surface area (Å²) in [4.78, 5) is 0. The molecule has 0 bridgehead atoms. The second-order valence-electron chi connectivity index (χ2n) is 4.20.